The van der Waals surface area contributed by atoms with E-state index < -0.39 is 11.6 Å². The Morgan fingerprint density at radius 1 is 1.37 bits per heavy atom. The van der Waals surface area contributed by atoms with Crippen LogP contribution in [0.4, 0.5) is 4.79 Å². The second-order valence-corrected chi connectivity index (χ2v) is 6.31. The van der Waals surface area contributed by atoms with Gasteiger partial charge in [0, 0.05) is 19.0 Å². The number of likely N-dealkylation sites (tertiary alicyclic amines) is 1. The van der Waals surface area contributed by atoms with Crippen LogP contribution in [-0.4, -0.2) is 40.3 Å². The van der Waals surface area contributed by atoms with Gasteiger partial charge in [-0.05, 0) is 46.0 Å². The highest BCUT2D eigenvalue weighted by molar-refractivity contribution is 5.69. The molecule has 1 rings (SSSR count). The summed E-state index contributed by atoms with van der Waals surface area (Å²) in [5.41, 5.74) is -0.519. The Morgan fingerprint density at radius 2 is 2.00 bits per heavy atom. The number of carbonyl (C=O) groups is 2. The summed E-state index contributed by atoms with van der Waals surface area (Å²) in [5, 5.41) is 8.89. The molecule has 1 saturated heterocycles. The van der Waals surface area contributed by atoms with E-state index in [-0.39, 0.29) is 24.5 Å². The Hall–Kier alpha value is -1.26. The van der Waals surface area contributed by atoms with Crippen molar-refractivity contribution in [3.8, 4) is 0 Å². The molecule has 0 saturated carbocycles. The van der Waals surface area contributed by atoms with Crippen molar-refractivity contribution in [3.05, 3.63) is 0 Å². The van der Waals surface area contributed by atoms with E-state index in [0.29, 0.717) is 6.54 Å². The van der Waals surface area contributed by atoms with E-state index in [1.54, 1.807) is 4.90 Å². The maximum Gasteiger partial charge on any atom is 0.410 e. The molecule has 0 unspecified atom stereocenters. The third-order valence-electron chi connectivity index (χ3n) is 3.33. The normalized spacial score (nSPS) is 21.9. The molecular weight excluding hydrogens is 246 g/mol. The van der Waals surface area contributed by atoms with Crippen molar-refractivity contribution >= 4 is 12.1 Å². The summed E-state index contributed by atoms with van der Waals surface area (Å²) in [6.07, 6.45) is 2.61. The van der Waals surface area contributed by atoms with Crippen LogP contribution in [0.3, 0.4) is 0 Å². The first-order chi connectivity index (χ1) is 8.70. The van der Waals surface area contributed by atoms with Gasteiger partial charge < -0.3 is 14.7 Å². The molecule has 1 amide bonds. The number of carboxylic acid groups (broad SMARTS) is 1. The summed E-state index contributed by atoms with van der Waals surface area (Å²) in [6, 6.07) is -0.0281. The van der Waals surface area contributed by atoms with Crippen LogP contribution >= 0.6 is 0 Å². The minimum absolute atomic E-state index is 0.0281. The highest BCUT2D eigenvalue weighted by Gasteiger charge is 2.34. The first-order valence-corrected chi connectivity index (χ1v) is 6.92. The van der Waals surface area contributed by atoms with Crippen LogP contribution in [0.1, 0.15) is 53.4 Å². The molecule has 0 aromatic rings. The molecule has 1 fully saturated rings. The molecule has 1 heterocycles. The summed E-state index contributed by atoms with van der Waals surface area (Å²) in [4.78, 5) is 24.7. The van der Waals surface area contributed by atoms with Gasteiger partial charge in [0.1, 0.15) is 5.60 Å². The van der Waals surface area contributed by atoms with Crippen LogP contribution in [0.5, 0.6) is 0 Å². The Morgan fingerprint density at radius 3 is 2.53 bits per heavy atom. The molecule has 19 heavy (non-hydrogen) atoms. The predicted molar refractivity (Wildman–Crippen MR) is 72.0 cm³/mol. The largest absolute Gasteiger partial charge is 0.481 e. The molecule has 5 nitrogen and oxygen atoms in total. The average Bonchev–Trinajstić information content (AvgIpc) is 2.25. The third kappa shape index (κ3) is 5.09. The van der Waals surface area contributed by atoms with Crippen LogP contribution in [0.25, 0.3) is 0 Å². The molecule has 1 aliphatic rings. The maximum absolute atomic E-state index is 12.2. The fraction of sp³-hybridized carbons (Fsp3) is 0.857. The Kier molecular flexibility index (Phi) is 5.20. The molecule has 0 spiro atoms. The van der Waals surface area contributed by atoms with Crippen molar-refractivity contribution in [2.75, 3.05) is 6.54 Å². The van der Waals surface area contributed by atoms with Crippen LogP contribution in [0.2, 0.25) is 0 Å². The summed E-state index contributed by atoms with van der Waals surface area (Å²) in [6.45, 7) is 8.06. The number of nitrogens with zero attached hydrogens (tertiary/aromatic N) is 1. The molecular formula is C14H25NO4. The molecule has 1 N–H and O–H groups in total. The zero-order valence-electron chi connectivity index (χ0n) is 12.3. The fourth-order valence-electron chi connectivity index (χ4n) is 2.51. The van der Waals surface area contributed by atoms with Gasteiger partial charge in [0.15, 0.2) is 0 Å². The number of carbonyl (C=O) groups excluding carboxylic acids is 1. The quantitative estimate of drug-likeness (QED) is 0.857. The number of aliphatic carboxylic acids is 1. The number of carboxylic acids is 1. The Bertz CT molecular complexity index is 335. The highest BCUT2D eigenvalue weighted by Crippen LogP contribution is 2.27. The SMILES string of the molecule is C[C@@H](CC(=O)O)[C@H]1CCCCN1C(=O)OC(C)(C)C. The van der Waals surface area contributed by atoms with Crippen molar-refractivity contribution < 1.29 is 19.4 Å². The van der Waals surface area contributed by atoms with E-state index in [2.05, 4.69) is 0 Å². The van der Waals surface area contributed by atoms with Crippen LogP contribution in [-0.2, 0) is 9.53 Å². The summed E-state index contributed by atoms with van der Waals surface area (Å²) in [7, 11) is 0. The average molecular weight is 271 g/mol. The minimum Gasteiger partial charge on any atom is -0.481 e. The standard InChI is InChI=1S/C14H25NO4/c1-10(9-12(16)17)11-7-5-6-8-15(11)13(18)19-14(2,3)4/h10-11H,5-9H2,1-4H3,(H,16,17)/t10-,11+/m0/s1. The van der Waals surface area contributed by atoms with Crippen molar-refractivity contribution in [1.29, 1.82) is 0 Å². The second kappa shape index (κ2) is 6.26. The smallest absolute Gasteiger partial charge is 0.410 e. The molecule has 2 atom stereocenters. The van der Waals surface area contributed by atoms with Gasteiger partial charge in [0.05, 0.1) is 0 Å². The van der Waals surface area contributed by atoms with Crippen LogP contribution < -0.4 is 0 Å². The summed E-state index contributed by atoms with van der Waals surface area (Å²) < 4.78 is 5.40. The number of rotatable bonds is 3. The number of amides is 1. The fourth-order valence-corrected chi connectivity index (χ4v) is 2.51. The van der Waals surface area contributed by atoms with Gasteiger partial charge in [0.2, 0.25) is 0 Å². The zero-order chi connectivity index (χ0) is 14.6. The lowest BCUT2D eigenvalue weighted by atomic mass is 9.89. The van der Waals surface area contributed by atoms with E-state index in [4.69, 9.17) is 9.84 Å². The van der Waals surface area contributed by atoms with E-state index in [9.17, 15) is 9.59 Å². The van der Waals surface area contributed by atoms with Gasteiger partial charge in [-0.2, -0.15) is 0 Å². The minimum atomic E-state index is -0.817. The van der Waals surface area contributed by atoms with Gasteiger partial charge in [0.25, 0.3) is 0 Å². The van der Waals surface area contributed by atoms with E-state index in [0.717, 1.165) is 19.3 Å². The molecule has 0 radical (unpaired) electrons. The molecule has 5 heteroatoms. The lowest BCUT2D eigenvalue weighted by Crippen LogP contribution is -2.49. The Balaban J connectivity index is 2.71. The van der Waals surface area contributed by atoms with Gasteiger partial charge in [-0.15, -0.1) is 0 Å². The first kappa shape index (κ1) is 15.8. The van der Waals surface area contributed by atoms with E-state index in [1.165, 1.54) is 0 Å². The first-order valence-electron chi connectivity index (χ1n) is 6.92. The molecule has 110 valence electrons. The van der Waals surface area contributed by atoms with E-state index in [1.807, 2.05) is 27.7 Å². The molecule has 0 bridgehead atoms. The maximum atomic E-state index is 12.2. The van der Waals surface area contributed by atoms with Crippen molar-refractivity contribution in [2.24, 2.45) is 5.92 Å². The summed E-state index contributed by atoms with van der Waals surface area (Å²) >= 11 is 0. The van der Waals surface area contributed by atoms with Gasteiger partial charge in [-0.3, -0.25) is 4.79 Å². The summed E-state index contributed by atoms with van der Waals surface area (Å²) in [5.74, 6) is -0.868. The highest BCUT2D eigenvalue weighted by atomic mass is 16.6. The molecule has 0 aromatic heterocycles. The van der Waals surface area contributed by atoms with E-state index >= 15 is 0 Å². The zero-order valence-corrected chi connectivity index (χ0v) is 12.3. The lowest BCUT2D eigenvalue weighted by Gasteiger charge is -2.39. The second-order valence-electron chi connectivity index (χ2n) is 6.31. The van der Waals surface area contributed by atoms with Gasteiger partial charge in [-0.25, -0.2) is 4.79 Å². The van der Waals surface area contributed by atoms with Gasteiger partial charge in [-0.1, -0.05) is 6.92 Å². The molecule has 1 aliphatic heterocycles. The number of hydrogen-bond acceptors (Lipinski definition) is 3. The molecule has 0 aliphatic carbocycles. The van der Waals surface area contributed by atoms with Gasteiger partial charge >= 0.3 is 12.1 Å². The van der Waals surface area contributed by atoms with Crippen LogP contribution in [0, 0.1) is 5.92 Å². The topological polar surface area (TPSA) is 66.8 Å². The van der Waals surface area contributed by atoms with Crippen molar-refractivity contribution in [3.63, 3.8) is 0 Å². The van der Waals surface area contributed by atoms with Crippen molar-refractivity contribution in [1.82, 2.24) is 4.90 Å². The Labute approximate surface area is 114 Å². The number of ether oxygens (including phenoxy) is 1. The third-order valence-corrected chi connectivity index (χ3v) is 3.33. The van der Waals surface area contributed by atoms with Crippen LogP contribution in [0.15, 0.2) is 0 Å². The van der Waals surface area contributed by atoms with Crippen molar-refractivity contribution in [2.45, 2.75) is 65.0 Å². The number of piperidine rings is 1. The number of hydrogen-bond donors (Lipinski definition) is 1. The lowest BCUT2D eigenvalue weighted by molar-refractivity contribution is -0.138. The molecule has 0 aromatic carbocycles. The predicted octanol–water partition coefficient (Wildman–Crippen LogP) is 2.89. The monoisotopic (exact) mass is 271 g/mol.